The summed E-state index contributed by atoms with van der Waals surface area (Å²) in [5.41, 5.74) is 0. The molecule has 0 bridgehead atoms. The van der Waals surface area contributed by atoms with E-state index < -0.39 is 0 Å². The second kappa shape index (κ2) is 6.08. The van der Waals surface area contributed by atoms with E-state index in [0.717, 1.165) is 0 Å². The molecule has 0 spiro atoms. The minimum absolute atomic E-state index is 0. The third-order valence-electron chi connectivity index (χ3n) is 0.808. The molecule has 0 aromatic rings. The van der Waals surface area contributed by atoms with Gasteiger partial charge in [0.15, 0.2) is 0 Å². The largest absolute Gasteiger partial charge is 0.315 e. The van der Waals surface area contributed by atoms with Crippen molar-refractivity contribution in [1.29, 1.82) is 0 Å². The molecule has 1 saturated heterocycles. The van der Waals surface area contributed by atoms with Crippen LogP contribution in [0.25, 0.3) is 0 Å². The zero-order chi connectivity index (χ0) is 4.95. The summed E-state index contributed by atoms with van der Waals surface area (Å²) in [6, 6.07) is 0. The molecule has 1 aliphatic heterocycles. The predicted octanol–water partition coefficient (Wildman–Crippen LogP) is 1.39. The molecule has 0 unspecified atom stereocenters. The lowest BCUT2D eigenvalue weighted by atomic mass is 10.7. The Kier molecular flexibility index (Phi) is 6.80. The van der Waals surface area contributed by atoms with Crippen LogP contribution < -0.4 is 5.32 Å². The van der Waals surface area contributed by atoms with Gasteiger partial charge in [-0.3, -0.25) is 0 Å². The van der Waals surface area contributed by atoms with Crippen LogP contribution in [-0.4, -0.2) is 24.6 Å². The lowest BCUT2D eigenvalue weighted by Gasteiger charge is -1.90. The SMILES string of the molecule is C1CSSCCN1.Cl. The van der Waals surface area contributed by atoms with Crippen LogP contribution in [0, 0.1) is 0 Å². The van der Waals surface area contributed by atoms with Crippen LogP contribution in [0.2, 0.25) is 0 Å². The highest BCUT2D eigenvalue weighted by molar-refractivity contribution is 8.76. The van der Waals surface area contributed by atoms with Crippen molar-refractivity contribution < 1.29 is 0 Å². The van der Waals surface area contributed by atoms with Gasteiger partial charge >= 0.3 is 0 Å². The molecule has 0 radical (unpaired) electrons. The maximum Gasteiger partial charge on any atom is 0.0162 e. The fraction of sp³-hybridized carbons (Fsp3) is 1.00. The van der Waals surface area contributed by atoms with Crippen LogP contribution in [0.5, 0.6) is 0 Å². The monoisotopic (exact) mass is 171 g/mol. The Morgan fingerprint density at radius 2 is 1.50 bits per heavy atom. The molecule has 1 heterocycles. The van der Waals surface area contributed by atoms with Gasteiger partial charge in [-0.2, -0.15) is 0 Å². The van der Waals surface area contributed by atoms with Gasteiger partial charge in [0.25, 0.3) is 0 Å². The van der Waals surface area contributed by atoms with Crippen molar-refractivity contribution in [2.24, 2.45) is 0 Å². The van der Waals surface area contributed by atoms with Gasteiger partial charge in [0.1, 0.15) is 0 Å². The zero-order valence-corrected chi connectivity index (χ0v) is 7.00. The first-order chi connectivity index (χ1) is 3.50. The van der Waals surface area contributed by atoms with Crippen LogP contribution in [0.15, 0.2) is 0 Å². The molecular formula is C4H10ClNS2. The molecule has 1 rings (SSSR count). The average Bonchev–Trinajstić information content (AvgIpc) is 1.90. The van der Waals surface area contributed by atoms with Crippen LogP contribution in [0.3, 0.4) is 0 Å². The van der Waals surface area contributed by atoms with Crippen molar-refractivity contribution in [3.05, 3.63) is 0 Å². The molecule has 0 aromatic carbocycles. The first kappa shape index (κ1) is 8.95. The Labute approximate surface area is 64.2 Å². The number of hydrogen-bond donors (Lipinski definition) is 1. The zero-order valence-electron chi connectivity index (χ0n) is 4.55. The van der Waals surface area contributed by atoms with Crippen LogP contribution in [0.1, 0.15) is 0 Å². The van der Waals surface area contributed by atoms with Crippen LogP contribution in [0.4, 0.5) is 0 Å². The lowest BCUT2D eigenvalue weighted by Crippen LogP contribution is -2.16. The van der Waals surface area contributed by atoms with Crippen molar-refractivity contribution >= 4 is 34.0 Å². The van der Waals surface area contributed by atoms with E-state index >= 15 is 0 Å². The van der Waals surface area contributed by atoms with Gasteiger partial charge in [-0.1, -0.05) is 21.6 Å². The summed E-state index contributed by atoms with van der Waals surface area (Å²) in [4.78, 5) is 0. The predicted molar refractivity (Wildman–Crippen MR) is 45.0 cm³/mol. The van der Waals surface area contributed by atoms with Gasteiger partial charge in [-0.05, 0) is 0 Å². The Morgan fingerprint density at radius 1 is 1.00 bits per heavy atom. The molecule has 0 saturated carbocycles. The Hall–Kier alpha value is 0.950. The van der Waals surface area contributed by atoms with Gasteiger partial charge in [0.2, 0.25) is 0 Å². The van der Waals surface area contributed by atoms with Crippen molar-refractivity contribution in [1.82, 2.24) is 5.32 Å². The van der Waals surface area contributed by atoms with Gasteiger partial charge in [0.05, 0.1) is 0 Å². The maximum atomic E-state index is 3.31. The smallest absolute Gasteiger partial charge is 0.0162 e. The highest BCUT2D eigenvalue weighted by atomic mass is 35.5. The Morgan fingerprint density at radius 3 is 2.00 bits per heavy atom. The molecule has 0 aliphatic carbocycles. The molecule has 1 N–H and O–H groups in total. The highest BCUT2D eigenvalue weighted by Crippen LogP contribution is 2.20. The van der Waals surface area contributed by atoms with Crippen molar-refractivity contribution in [2.75, 3.05) is 24.6 Å². The van der Waals surface area contributed by atoms with Gasteiger partial charge in [0, 0.05) is 24.6 Å². The summed E-state index contributed by atoms with van der Waals surface area (Å²) in [7, 11) is 3.94. The molecular weight excluding hydrogens is 162 g/mol. The normalized spacial score (nSPS) is 21.0. The molecule has 50 valence electrons. The van der Waals surface area contributed by atoms with E-state index in [9.17, 15) is 0 Å². The summed E-state index contributed by atoms with van der Waals surface area (Å²) >= 11 is 0. The summed E-state index contributed by atoms with van der Waals surface area (Å²) in [6.07, 6.45) is 0. The summed E-state index contributed by atoms with van der Waals surface area (Å²) in [5, 5.41) is 3.31. The van der Waals surface area contributed by atoms with Gasteiger partial charge < -0.3 is 5.32 Å². The summed E-state index contributed by atoms with van der Waals surface area (Å²) in [5.74, 6) is 2.54. The fourth-order valence-corrected chi connectivity index (χ4v) is 2.37. The molecule has 4 heteroatoms. The molecule has 1 fully saturated rings. The van der Waals surface area contributed by atoms with Gasteiger partial charge in [-0.25, -0.2) is 0 Å². The quantitative estimate of drug-likeness (QED) is 0.554. The number of hydrogen-bond acceptors (Lipinski definition) is 3. The first-order valence-corrected chi connectivity index (χ1v) is 4.94. The topological polar surface area (TPSA) is 12.0 Å². The lowest BCUT2D eigenvalue weighted by molar-refractivity contribution is 0.779. The Bertz CT molecular complexity index is 33.7. The fourth-order valence-electron chi connectivity index (χ4n) is 0.471. The summed E-state index contributed by atoms with van der Waals surface area (Å²) < 4.78 is 0. The molecule has 0 aromatic heterocycles. The van der Waals surface area contributed by atoms with Crippen LogP contribution in [-0.2, 0) is 0 Å². The van der Waals surface area contributed by atoms with E-state index in [1.54, 1.807) is 0 Å². The van der Waals surface area contributed by atoms with E-state index in [0.29, 0.717) is 0 Å². The number of halogens is 1. The number of rotatable bonds is 0. The van der Waals surface area contributed by atoms with Crippen molar-refractivity contribution in [2.45, 2.75) is 0 Å². The second-order valence-corrected chi connectivity index (χ2v) is 4.10. The third kappa shape index (κ3) is 3.89. The minimum atomic E-state index is 0. The standard InChI is InChI=1S/C4H9NS2.ClH/c1-3-6-7-4-2-5-1;/h5H,1-4H2;1H. The highest BCUT2D eigenvalue weighted by Gasteiger charge is 1.94. The first-order valence-electron chi connectivity index (χ1n) is 2.45. The van der Waals surface area contributed by atoms with Crippen molar-refractivity contribution in [3.8, 4) is 0 Å². The molecule has 0 amide bonds. The molecule has 1 aliphatic rings. The molecule has 0 atom stereocenters. The third-order valence-corrected chi connectivity index (χ3v) is 3.22. The molecule has 8 heavy (non-hydrogen) atoms. The second-order valence-electron chi connectivity index (χ2n) is 1.39. The van der Waals surface area contributed by atoms with E-state index in [4.69, 9.17) is 0 Å². The van der Waals surface area contributed by atoms with Crippen molar-refractivity contribution in [3.63, 3.8) is 0 Å². The van der Waals surface area contributed by atoms with E-state index in [-0.39, 0.29) is 12.4 Å². The van der Waals surface area contributed by atoms with E-state index in [1.165, 1.54) is 24.6 Å². The van der Waals surface area contributed by atoms with Crippen LogP contribution >= 0.6 is 34.0 Å². The van der Waals surface area contributed by atoms with Gasteiger partial charge in [-0.15, -0.1) is 12.4 Å². The summed E-state index contributed by atoms with van der Waals surface area (Å²) in [6.45, 7) is 2.38. The molecule has 1 nitrogen and oxygen atoms in total. The Balaban J connectivity index is 0.000000490. The van der Waals surface area contributed by atoms with E-state index in [1.807, 2.05) is 21.6 Å². The maximum absolute atomic E-state index is 3.31. The number of nitrogens with one attached hydrogen (secondary N) is 1. The average molecular weight is 172 g/mol. The van der Waals surface area contributed by atoms with E-state index in [2.05, 4.69) is 5.32 Å². The minimum Gasteiger partial charge on any atom is -0.315 e.